The maximum atomic E-state index is 12.6. The summed E-state index contributed by atoms with van der Waals surface area (Å²) in [4.78, 5) is 39.7. The number of pyridine rings is 1. The predicted molar refractivity (Wildman–Crippen MR) is 91.1 cm³/mol. The fraction of sp³-hybridized carbons (Fsp3) is 0.211. The summed E-state index contributed by atoms with van der Waals surface area (Å²) in [5.41, 5.74) is 1.39. The first-order valence-electron chi connectivity index (χ1n) is 7.91. The molecule has 0 fully saturated rings. The van der Waals surface area contributed by atoms with Crippen molar-refractivity contribution in [1.29, 1.82) is 0 Å². The Morgan fingerprint density at radius 2 is 1.88 bits per heavy atom. The Morgan fingerprint density at radius 3 is 2.68 bits per heavy atom. The van der Waals surface area contributed by atoms with Gasteiger partial charge in [-0.2, -0.15) is 0 Å². The lowest BCUT2D eigenvalue weighted by molar-refractivity contribution is -0.135. The maximum absolute atomic E-state index is 12.6. The van der Waals surface area contributed by atoms with Gasteiger partial charge in [0.1, 0.15) is 11.5 Å². The number of H-pyrrole nitrogens is 1. The second kappa shape index (κ2) is 5.44. The van der Waals surface area contributed by atoms with Crippen LogP contribution < -0.4 is 15.9 Å². The molecule has 1 aliphatic heterocycles. The third-order valence-electron chi connectivity index (χ3n) is 4.42. The van der Waals surface area contributed by atoms with Crippen molar-refractivity contribution in [3.8, 4) is 5.75 Å². The monoisotopic (exact) mass is 337 g/mol. The van der Waals surface area contributed by atoms with Crippen molar-refractivity contribution in [2.24, 2.45) is 0 Å². The van der Waals surface area contributed by atoms with Crippen LogP contribution in [0.2, 0.25) is 0 Å². The lowest BCUT2D eigenvalue weighted by Crippen LogP contribution is -2.30. The molecule has 0 bridgehead atoms. The molecule has 4 rings (SSSR count). The van der Waals surface area contributed by atoms with Gasteiger partial charge in [-0.15, -0.1) is 0 Å². The summed E-state index contributed by atoms with van der Waals surface area (Å²) in [6.45, 7) is 3.56. The second-order valence-electron chi connectivity index (χ2n) is 6.30. The van der Waals surface area contributed by atoms with Crippen molar-refractivity contribution >= 4 is 16.9 Å². The molecule has 3 heterocycles. The zero-order valence-corrected chi connectivity index (χ0v) is 13.7. The zero-order chi connectivity index (χ0) is 17.7. The predicted octanol–water partition coefficient (Wildman–Crippen LogP) is 2.54. The third kappa shape index (κ3) is 2.55. The van der Waals surface area contributed by atoms with Gasteiger partial charge in [-0.1, -0.05) is 11.6 Å². The Morgan fingerprint density at radius 1 is 1.08 bits per heavy atom. The topological polar surface area (TPSA) is 89.4 Å². The van der Waals surface area contributed by atoms with Gasteiger partial charge < -0.3 is 14.1 Å². The minimum atomic E-state index is -0.693. The molecular weight excluding hydrogens is 322 g/mol. The highest BCUT2D eigenvalue weighted by molar-refractivity contribution is 5.81. The van der Waals surface area contributed by atoms with Crippen LogP contribution in [0.5, 0.6) is 5.75 Å². The number of rotatable bonds is 1. The first kappa shape index (κ1) is 15.4. The van der Waals surface area contributed by atoms with Crippen molar-refractivity contribution in [2.75, 3.05) is 0 Å². The van der Waals surface area contributed by atoms with Gasteiger partial charge in [-0.25, -0.2) is 4.79 Å². The van der Waals surface area contributed by atoms with E-state index >= 15 is 0 Å². The molecule has 2 aromatic heterocycles. The van der Waals surface area contributed by atoms with Gasteiger partial charge in [0.15, 0.2) is 0 Å². The number of fused-ring (bicyclic) bond motifs is 2. The van der Waals surface area contributed by atoms with E-state index in [1.165, 1.54) is 6.07 Å². The molecule has 1 atom stereocenters. The molecule has 1 aromatic carbocycles. The van der Waals surface area contributed by atoms with Gasteiger partial charge in [0, 0.05) is 23.1 Å². The lowest BCUT2D eigenvalue weighted by Gasteiger charge is -2.23. The number of carbonyl (C=O) groups excluding carboxylic acids is 1. The summed E-state index contributed by atoms with van der Waals surface area (Å²) < 4.78 is 10.3. The number of nitrogens with one attached hydrogen (secondary N) is 1. The van der Waals surface area contributed by atoms with Gasteiger partial charge in [0.25, 0.3) is 5.56 Å². The largest absolute Gasteiger partial charge is 0.428 e. The highest BCUT2D eigenvalue weighted by Gasteiger charge is 2.34. The highest BCUT2D eigenvalue weighted by atomic mass is 16.5. The molecule has 6 heteroatoms. The number of aryl methyl sites for hydroxylation is 2. The number of benzene rings is 1. The standard InChI is InChI=1S/C19H15NO5/c1-9-3-4-14-11(5-9)7-13(18(22)20-14)12-8-16(21)25-15-6-10(2)24-19(23)17(12)15/h3-7,12H,8H2,1-2H3,(H,20,22)/t12-/m0/s1. The van der Waals surface area contributed by atoms with Gasteiger partial charge in [0.05, 0.1) is 12.0 Å². The highest BCUT2D eigenvalue weighted by Crippen LogP contribution is 2.36. The van der Waals surface area contributed by atoms with E-state index in [1.807, 2.05) is 25.1 Å². The molecule has 126 valence electrons. The van der Waals surface area contributed by atoms with E-state index < -0.39 is 17.5 Å². The number of ether oxygens (including phenoxy) is 1. The van der Waals surface area contributed by atoms with Crippen LogP contribution in [0.15, 0.2) is 44.3 Å². The molecule has 0 saturated heterocycles. The quantitative estimate of drug-likeness (QED) is 0.689. The van der Waals surface area contributed by atoms with E-state index in [2.05, 4.69) is 4.98 Å². The first-order chi connectivity index (χ1) is 11.9. The van der Waals surface area contributed by atoms with E-state index in [-0.39, 0.29) is 23.3 Å². The van der Waals surface area contributed by atoms with Crippen molar-refractivity contribution in [3.05, 3.63) is 73.6 Å². The van der Waals surface area contributed by atoms with Crippen LogP contribution >= 0.6 is 0 Å². The molecule has 0 saturated carbocycles. The van der Waals surface area contributed by atoms with Crippen LogP contribution in [0.4, 0.5) is 0 Å². The molecular formula is C19H15NO5. The minimum absolute atomic E-state index is 0.0821. The molecule has 0 radical (unpaired) electrons. The molecule has 25 heavy (non-hydrogen) atoms. The number of aromatic amines is 1. The molecule has 1 aliphatic rings. The van der Waals surface area contributed by atoms with Gasteiger partial charge in [-0.3, -0.25) is 9.59 Å². The Labute approximate surface area is 142 Å². The summed E-state index contributed by atoms with van der Waals surface area (Å²) >= 11 is 0. The van der Waals surface area contributed by atoms with Gasteiger partial charge in [-0.05, 0) is 37.4 Å². The molecule has 6 nitrogen and oxygen atoms in total. The average molecular weight is 337 g/mol. The molecule has 0 spiro atoms. The minimum Gasteiger partial charge on any atom is -0.428 e. The normalized spacial score (nSPS) is 16.6. The van der Waals surface area contributed by atoms with E-state index in [0.29, 0.717) is 16.8 Å². The Bertz CT molecular complexity index is 1140. The Hall–Kier alpha value is -3.15. The SMILES string of the molecule is Cc1ccc2[nH]c(=O)c([C@@H]3CC(=O)Oc4cc(C)oc(=O)c43)cc2c1. The van der Waals surface area contributed by atoms with Gasteiger partial charge >= 0.3 is 11.6 Å². The third-order valence-corrected chi connectivity index (χ3v) is 4.42. The Balaban J connectivity index is 1.98. The van der Waals surface area contributed by atoms with Crippen molar-refractivity contribution < 1.29 is 13.9 Å². The number of aromatic nitrogens is 1. The lowest BCUT2D eigenvalue weighted by atomic mass is 9.87. The summed E-state index contributed by atoms with van der Waals surface area (Å²) in [5.74, 6) is -0.660. The molecule has 0 aliphatic carbocycles. The number of hydrogen-bond acceptors (Lipinski definition) is 5. The Kier molecular flexibility index (Phi) is 3.35. The van der Waals surface area contributed by atoms with Crippen molar-refractivity contribution in [2.45, 2.75) is 26.2 Å². The number of hydrogen-bond donors (Lipinski definition) is 1. The summed E-state index contributed by atoms with van der Waals surface area (Å²) in [6.07, 6.45) is -0.0821. The summed E-state index contributed by atoms with van der Waals surface area (Å²) in [5, 5.41) is 0.839. The molecule has 3 aromatic rings. The summed E-state index contributed by atoms with van der Waals surface area (Å²) in [7, 11) is 0. The first-order valence-corrected chi connectivity index (χ1v) is 7.91. The molecule has 0 amide bonds. The van der Waals surface area contributed by atoms with Crippen molar-refractivity contribution in [3.63, 3.8) is 0 Å². The van der Waals surface area contributed by atoms with E-state index in [0.717, 1.165) is 10.9 Å². The van der Waals surface area contributed by atoms with Crippen LogP contribution in [-0.2, 0) is 4.79 Å². The van der Waals surface area contributed by atoms with Gasteiger partial charge in [0.2, 0.25) is 0 Å². The van der Waals surface area contributed by atoms with Crippen LogP contribution in [0, 0.1) is 13.8 Å². The van der Waals surface area contributed by atoms with Crippen LogP contribution in [-0.4, -0.2) is 11.0 Å². The zero-order valence-electron chi connectivity index (χ0n) is 13.7. The van der Waals surface area contributed by atoms with Crippen LogP contribution in [0.25, 0.3) is 10.9 Å². The number of carbonyl (C=O) groups is 1. The fourth-order valence-electron chi connectivity index (χ4n) is 3.29. The smallest absolute Gasteiger partial charge is 0.343 e. The van der Waals surface area contributed by atoms with E-state index in [1.54, 1.807) is 13.0 Å². The van der Waals surface area contributed by atoms with Crippen LogP contribution in [0.3, 0.4) is 0 Å². The molecule has 1 N–H and O–H groups in total. The van der Waals surface area contributed by atoms with E-state index in [4.69, 9.17) is 9.15 Å². The maximum Gasteiger partial charge on any atom is 0.343 e. The second-order valence-corrected chi connectivity index (χ2v) is 6.30. The average Bonchev–Trinajstić information content (AvgIpc) is 2.53. The van der Waals surface area contributed by atoms with Crippen molar-refractivity contribution in [1.82, 2.24) is 4.98 Å². The van der Waals surface area contributed by atoms with Crippen LogP contribution in [0.1, 0.15) is 34.8 Å². The fourth-order valence-corrected chi connectivity index (χ4v) is 3.29. The van der Waals surface area contributed by atoms with E-state index in [9.17, 15) is 14.4 Å². The molecule has 0 unspecified atom stereocenters. The summed E-state index contributed by atoms with van der Waals surface area (Å²) in [6, 6.07) is 8.90. The number of esters is 1.